The fourth-order valence-corrected chi connectivity index (χ4v) is 3.89. The zero-order valence-electron chi connectivity index (χ0n) is 18.1. The molecule has 7 heteroatoms. The van der Waals surface area contributed by atoms with Crippen LogP contribution in [0.2, 0.25) is 0 Å². The summed E-state index contributed by atoms with van der Waals surface area (Å²) in [6.45, 7) is 4.60. The van der Waals surface area contributed by atoms with Gasteiger partial charge in [0.15, 0.2) is 0 Å². The van der Waals surface area contributed by atoms with Crippen molar-refractivity contribution >= 4 is 27.8 Å². The largest absolute Gasteiger partial charge is 0.346 e. The van der Waals surface area contributed by atoms with E-state index in [1.807, 2.05) is 54.1 Å². The summed E-state index contributed by atoms with van der Waals surface area (Å²) in [6, 6.07) is 15.1. The molecule has 1 atom stereocenters. The van der Waals surface area contributed by atoms with Gasteiger partial charge in [-0.15, -0.1) is 0 Å². The Morgan fingerprint density at radius 2 is 1.77 bits per heavy atom. The first kappa shape index (κ1) is 20.8. The average Bonchev–Trinajstić information content (AvgIpc) is 3.10. The van der Waals surface area contributed by atoms with Crippen LogP contribution in [0.4, 0.5) is 0 Å². The number of aryl methyl sites for hydroxylation is 2. The fourth-order valence-electron chi connectivity index (χ4n) is 3.89. The molecule has 2 heterocycles. The van der Waals surface area contributed by atoms with Crippen molar-refractivity contribution in [1.82, 2.24) is 24.4 Å². The molecule has 7 nitrogen and oxygen atoms in total. The molecule has 1 amide bonds. The number of carbonyl (C=O) groups excluding carboxylic acids is 1. The second kappa shape index (κ2) is 8.71. The number of nitrogens with one attached hydrogen (secondary N) is 1. The highest BCUT2D eigenvalue weighted by atomic mass is 16.1. The lowest BCUT2D eigenvalue weighted by atomic mass is 10.0. The molecule has 0 radical (unpaired) electrons. The molecule has 2 aromatic carbocycles. The molecule has 1 N–H and O–H groups in total. The van der Waals surface area contributed by atoms with Crippen LogP contribution in [0.1, 0.15) is 38.6 Å². The highest BCUT2D eigenvalue weighted by Crippen LogP contribution is 2.25. The van der Waals surface area contributed by atoms with Crippen LogP contribution in [-0.4, -0.2) is 25.0 Å². The van der Waals surface area contributed by atoms with Crippen LogP contribution in [0, 0.1) is 5.92 Å². The Bertz CT molecular complexity index is 1290. The second-order valence-electron chi connectivity index (χ2n) is 8.17. The molecule has 0 aliphatic rings. The van der Waals surface area contributed by atoms with E-state index in [9.17, 15) is 9.59 Å². The summed E-state index contributed by atoms with van der Waals surface area (Å²) in [6.07, 6.45) is 2.44. The molecule has 0 aliphatic carbocycles. The summed E-state index contributed by atoms with van der Waals surface area (Å²) in [5.74, 6) is 0.985. The van der Waals surface area contributed by atoms with Crippen molar-refractivity contribution in [3.05, 3.63) is 71.0 Å². The van der Waals surface area contributed by atoms with Gasteiger partial charge in [-0.1, -0.05) is 38.1 Å². The van der Waals surface area contributed by atoms with Gasteiger partial charge in [0.05, 0.1) is 34.3 Å². The predicted molar refractivity (Wildman–Crippen MR) is 122 cm³/mol. The number of benzene rings is 2. The Labute approximate surface area is 180 Å². The van der Waals surface area contributed by atoms with E-state index >= 15 is 0 Å². The summed E-state index contributed by atoms with van der Waals surface area (Å²) in [7, 11) is 1.98. The van der Waals surface area contributed by atoms with E-state index in [0.717, 1.165) is 16.9 Å². The van der Waals surface area contributed by atoms with Crippen molar-refractivity contribution in [1.29, 1.82) is 0 Å². The Kier molecular flexibility index (Phi) is 5.84. The van der Waals surface area contributed by atoms with Crippen molar-refractivity contribution in [2.75, 3.05) is 0 Å². The third-order valence-electron chi connectivity index (χ3n) is 5.62. The zero-order chi connectivity index (χ0) is 22.0. The smallest absolute Gasteiger partial charge is 0.261 e. The van der Waals surface area contributed by atoms with E-state index in [4.69, 9.17) is 4.98 Å². The van der Waals surface area contributed by atoms with Gasteiger partial charge < -0.3 is 9.88 Å². The first-order valence-corrected chi connectivity index (χ1v) is 10.6. The number of carbonyl (C=O) groups is 1. The van der Waals surface area contributed by atoms with Gasteiger partial charge in [0, 0.05) is 20.0 Å². The Morgan fingerprint density at radius 3 is 2.52 bits per heavy atom. The summed E-state index contributed by atoms with van der Waals surface area (Å²) < 4.78 is 3.61. The molecule has 0 spiro atoms. The average molecular weight is 418 g/mol. The molecule has 31 heavy (non-hydrogen) atoms. The minimum atomic E-state index is -0.185. The first-order chi connectivity index (χ1) is 15.0. The van der Waals surface area contributed by atoms with E-state index in [1.54, 1.807) is 17.0 Å². The van der Waals surface area contributed by atoms with Crippen LogP contribution in [0.15, 0.2) is 59.7 Å². The summed E-state index contributed by atoms with van der Waals surface area (Å²) in [5.41, 5.74) is 2.57. The lowest BCUT2D eigenvalue weighted by molar-refractivity contribution is -0.122. The van der Waals surface area contributed by atoms with Gasteiger partial charge in [0.25, 0.3) is 5.56 Å². The maximum absolute atomic E-state index is 12.7. The van der Waals surface area contributed by atoms with Crippen LogP contribution in [0.3, 0.4) is 0 Å². The third-order valence-corrected chi connectivity index (χ3v) is 5.62. The van der Waals surface area contributed by atoms with Gasteiger partial charge >= 0.3 is 0 Å². The highest BCUT2D eigenvalue weighted by molar-refractivity contribution is 5.78. The van der Waals surface area contributed by atoms with Crippen LogP contribution < -0.4 is 10.9 Å². The Balaban J connectivity index is 1.43. The van der Waals surface area contributed by atoms with Gasteiger partial charge in [-0.25, -0.2) is 9.97 Å². The molecule has 4 rings (SSSR count). The SMILES string of the molecule is CC(C)[C@H](NC(=O)CCCn1cnc2ccccc2c1=O)c1nc2ccccc2n1C. The van der Waals surface area contributed by atoms with Crippen LogP contribution in [0.25, 0.3) is 21.9 Å². The summed E-state index contributed by atoms with van der Waals surface area (Å²) in [5, 5.41) is 3.73. The molecule has 160 valence electrons. The van der Waals surface area contributed by atoms with Crippen molar-refractivity contribution in [3.63, 3.8) is 0 Å². The number of hydrogen-bond acceptors (Lipinski definition) is 4. The van der Waals surface area contributed by atoms with Gasteiger partial charge in [-0.2, -0.15) is 0 Å². The third kappa shape index (κ3) is 4.21. The molecule has 2 aromatic heterocycles. The fraction of sp³-hybridized carbons (Fsp3) is 0.333. The number of rotatable bonds is 7. The second-order valence-corrected chi connectivity index (χ2v) is 8.17. The quantitative estimate of drug-likeness (QED) is 0.498. The number of para-hydroxylation sites is 3. The Morgan fingerprint density at radius 1 is 1.06 bits per heavy atom. The summed E-state index contributed by atoms with van der Waals surface area (Å²) in [4.78, 5) is 34.4. The molecular weight excluding hydrogens is 390 g/mol. The van der Waals surface area contributed by atoms with E-state index in [1.165, 1.54) is 0 Å². The van der Waals surface area contributed by atoms with Crippen molar-refractivity contribution in [2.45, 2.75) is 39.3 Å². The zero-order valence-corrected chi connectivity index (χ0v) is 18.1. The van der Waals surface area contributed by atoms with Gasteiger partial charge in [-0.3, -0.25) is 14.2 Å². The number of fused-ring (bicyclic) bond motifs is 2. The Hall–Kier alpha value is -3.48. The predicted octanol–water partition coefficient (Wildman–Crippen LogP) is 3.58. The molecule has 0 aliphatic heterocycles. The van der Waals surface area contributed by atoms with E-state index < -0.39 is 0 Å². The molecule has 0 saturated heterocycles. The van der Waals surface area contributed by atoms with Crippen LogP contribution in [-0.2, 0) is 18.4 Å². The number of aromatic nitrogens is 4. The topological polar surface area (TPSA) is 81.8 Å². The van der Waals surface area contributed by atoms with E-state index in [2.05, 4.69) is 24.1 Å². The molecule has 0 bridgehead atoms. The van der Waals surface area contributed by atoms with Gasteiger partial charge in [0.2, 0.25) is 5.91 Å². The molecule has 0 unspecified atom stereocenters. The molecule has 0 saturated carbocycles. The minimum absolute atomic E-state index is 0.0486. The van der Waals surface area contributed by atoms with Crippen LogP contribution in [0.5, 0.6) is 0 Å². The number of amides is 1. The highest BCUT2D eigenvalue weighted by Gasteiger charge is 2.23. The van der Waals surface area contributed by atoms with Crippen molar-refractivity contribution in [2.24, 2.45) is 13.0 Å². The maximum Gasteiger partial charge on any atom is 0.261 e. The number of nitrogens with zero attached hydrogens (tertiary/aromatic N) is 4. The van der Waals surface area contributed by atoms with Gasteiger partial charge in [0.1, 0.15) is 5.82 Å². The molecule has 0 fully saturated rings. The first-order valence-electron chi connectivity index (χ1n) is 10.6. The van der Waals surface area contributed by atoms with Crippen molar-refractivity contribution in [3.8, 4) is 0 Å². The molecular formula is C24H27N5O2. The number of imidazole rings is 1. The maximum atomic E-state index is 12.7. The van der Waals surface area contributed by atoms with E-state index in [-0.39, 0.29) is 23.4 Å². The summed E-state index contributed by atoms with van der Waals surface area (Å²) >= 11 is 0. The van der Waals surface area contributed by atoms with Gasteiger partial charge in [-0.05, 0) is 36.6 Å². The lowest BCUT2D eigenvalue weighted by Crippen LogP contribution is -2.33. The van der Waals surface area contributed by atoms with E-state index in [0.29, 0.717) is 30.3 Å². The van der Waals surface area contributed by atoms with Crippen molar-refractivity contribution < 1.29 is 4.79 Å². The lowest BCUT2D eigenvalue weighted by Gasteiger charge is -2.22. The minimum Gasteiger partial charge on any atom is -0.346 e. The van der Waals surface area contributed by atoms with Crippen LogP contribution >= 0.6 is 0 Å². The molecule has 4 aromatic rings. The number of hydrogen-bond donors (Lipinski definition) is 1. The normalized spacial score (nSPS) is 12.5. The standard InChI is InChI=1S/C24H27N5O2/c1-16(2)22(23-26-19-11-6-7-12-20(19)28(23)3)27-21(30)13-8-14-29-15-25-18-10-5-4-9-17(18)24(29)31/h4-7,9-12,15-16,22H,8,13-14H2,1-3H3,(H,27,30)/t22-/m0/s1. The monoisotopic (exact) mass is 417 g/mol.